The molecule has 1 fully saturated rings. The third-order valence-electron chi connectivity index (χ3n) is 6.20. The van der Waals surface area contributed by atoms with Crippen molar-refractivity contribution in [3.63, 3.8) is 0 Å². The van der Waals surface area contributed by atoms with E-state index in [0.29, 0.717) is 52.8 Å². The van der Waals surface area contributed by atoms with Crippen LogP contribution in [-0.4, -0.2) is 31.7 Å². The summed E-state index contributed by atoms with van der Waals surface area (Å²) in [7, 11) is -3.52. The van der Waals surface area contributed by atoms with Gasteiger partial charge in [-0.2, -0.15) is 0 Å². The number of nitrogens with zero attached hydrogens (tertiary/aromatic N) is 1. The number of hydrogen-bond acceptors (Lipinski definition) is 4. The van der Waals surface area contributed by atoms with Crippen molar-refractivity contribution in [1.29, 1.82) is 0 Å². The van der Waals surface area contributed by atoms with E-state index in [-0.39, 0.29) is 17.6 Å². The van der Waals surface area contributed by atoms with E-state index in [9.17, 15) is 13.2 Å². The monoisotopic (exact) mass is 516 g/mol. The first-order chi connectivity index (χ1) is 16.3. The van der Waals surface area contributed by atoms with Gasteiger partial charge < -0.3 is 9.73 Å². The van der Waals surface area contributed by atoms with Crippen LogP contribution in [0.25, 0.3) is 21.9 Å². The summed E-state index contributed by atoms with van der Waals surface area (Å²) in [6.07, 6.45) is 0.915. The fraction of sp³-hybridized carbons (Fsp3) is 0.240. The molecule has 0 saturated carbocycles. The second-order valence-electron chi connectivity index (χ2n) is 8.48. The third kappa shape index (κ3) is 4.66. The van der Waals surface area contributed by atoms with Crippen molar-refractivity contribution in [2.75, 3.05) is 18.4 Å². The fourth-order valence-electron chi connectivity index (χ4n) is 4.38. The number of hydrogen-bond donors (Lipinski definition) is 1. The lowest BCUT2D eigenvalue weighted by Gasteiger charge is -2.30. The molecule has 1 aliphatic heterocycles. The molecule has 3 aromatic carbocycles. The van der Waals surface area contributed by atoms with Crippen molar-refractivity contribution in [3.05, 3.63) is 76.3 Å². The summed E-state index contributed by atoms with van der Waals surface area (Å²) in [6, 6.07) is 18.2. The molecule has 9 heteroatoms. The summed E-state index contributed by atoms with van der Waals surface area (Å²) in [5.74, 6) is -0.530. The number of rotatable bonds is 5. The molecule has 1 aromatic heterocycles. The van der Waals surface area contributed by atoms with Gasteiger partial charge >= 0.3 is 0 Å². The number of halogens is 2. The van der Waals surface area contributed by atoms with Gasteiger partial charge in [-0.25, -0.2) is 12.7 Å². The summed E-state index contributed by atoms with van der Waals surface area (Å²) in [4.78, 5) is 12.9. The Kier molecular flexibility index (Phi) is 6.29. The molecule has 4 aromatic rings. The van der Waals surface area contributed by atoms with Gasteiger partial charge in [-0.15, -0.1) is 0 Å². The first-order valence-corrected chi connectivity index (χ1v) is 13.3. The quantitative estimate of drug-likeness (QED) is 0.348. The molecule has 1 saturated heterocycles. The molecule has 0 spiro atoms. The van der Waals surface area contributed by atoms with Gasteiger partial charge in [0.15, 0.2) is 0 Å². The Morgan fingerprint density at radius 1 is 0.941 bits per heavy atom. The number of furan rings is 1. The predicted molar refractivity (Wildman–Crippen MR) is 136 cm³/mol. The van der Waals surface area contributed by atoms with Gasteiger partial charge in [-0.1, -0.05) is 47.5 Å². The molecule has 6 nitrogen and oxygen atoms in total. The van der Waals surface area contributed by atoms with Crippen LogP contribution in [-0.2, 0) is 20.6 Å². The van der Waals surface area contributed by atoms with Crippen LogP contribution < -0.4 is 5.32 Å². The van der Waals surface area contributed by atoms with Gasteiger partial charge in [0, 0.05) is 41.5 Å². The minimum atomic E-state index is -3.52. The number of anilines is 1. The molecule has 1 N–H and O–H groups in total. The van der Waals surface area contributed by atoms with E-state index >= 15 is 0 Å². The highest BCUT2D eigenvalue weighted by molar-refractivity contribution is 7.88. The number of amides is 1. The van der Waals surface area contributed by atoms with Crippen molar-refractivity contribution >= 4 is 66.8 Å². The number of fused-ring (bicyclic) bond motifs is 3. The van der Waals surface area contributed by atoms with Crippen LogP contribution in [0.2, 0.25) is 10.0 Å². The Hall–Kier alpha value is -2.58. The average Bonchev–Trinajstić information content (AvgIpc) is 3.19. The summed E-state index contributed by atoms with van der Waals surface area (Å²) in [5.41, 5.74) is 2.75. The molecule has 0 unspecified atom stereocenters. The first-order valence-electron chi connectivity index (χ1n) is 10.9. The van der Waals surface area contributed by atoms with Crippen molar-refractivity contribution in [1.82, 2.24) is 4.31 Å². The summed E-state index contributed by atoms with van der Waals surface area (Å²) >= 11 is 11.9. The molecular weight excluding hydrogens is 495 g/mol. The molecule has 2 heterocycles. The third-order valence-corrected chi connectivity index (χ3v) is 8.79. The molecule has 1 amide bonds. The number of carbonyl (C=O) groups is 1. The van der Waals surface area contributed by atoms with E-state index in [1.807, 2.05) is 42.5 Å². The fourth-order valence-corrected chi connectivity index (χ4v) is 6.25. The standard InChI is InChI=1S/C25H22Cl2N2O4S/c26-21-8-5-16(13-22(21)27)15-34(31,32)29-11-9-17(10-12-29)25(30)28-18-6-7-20-19-3-1-2-4-23(19)33-24(20)14-18/h1-8,13-14,17H,9-12,15H2,(H,28,30). The minimum absolute atomic E-state index is 0.114. The number of carbonyl (C=O) groups excluding carboxylic acids is 1. The minimum Gasteiger partial charge on any atom is -0.456 e. The van der Waals surface area contributed by atoms with E-state index in [2.05, 4.69) is 5.32 Å². The molecule has 0 aliphatic carbocycles. The maximum atomic E-state index is 12.9. The van der Waals surface area contributed by atoms with Crippen LogP contribution in [0, 0.1) is 5.92 Å². The maximum absolute atomic E-state index is 12.9. The highest BCUT2D eigenvalue weighted by atomic mass is 35.5. The number of piperidine rings is 1. The first kappa shape index (κ1) is 23.2. The Labute approximate surface area is 207 Å². The normalized spacial score (nSPS) is 15.7. The van der Waals surface area contributed by atoms with E-state index in [1.165, 1.54) is 4.31 Å². The molecule has 5 rings (SSSR count). The van der Waals surface area contributed by atoms with Crippen LogP contribution in [0.15, 0.2) is 65.1 Å². The van der Waals surface area contributed by atoms with Gasteiger partial charge in [-0.05, 0) is 48.7 Å². The van der Waals surface area contributed by atoms with Gasteiger partial charge in [0.2, 0.25) is 15.9 Å². The zero-order chi connectivity index (χ0) is 23.9. The summed E-state index contributed by atoms with van der Waals surface area (Å²) < 4.78 is 33.1. The molecule has 0 atom stereocenters. The van der Waals surface area contributed by atoms with Crippen molar-refractivity contribution in [3.8, 4) is 0 Å². The molecular formula is C25H22Cl2N2O4S. The van der Waals surface area contributed by atoms with Gasteiger partial charge in [0.1, 0.15) is 11.2 Å². The average molecular weight is 517 g/mol. The molecule has 176 valence electrons. The number of nitrogens with one attached hydrogen (secondary N) is 1. The number of para-hydroxylation sites is 1. The largest absolute Gasteiger partial charge is 0.456 e. The molecule has 34 heavy (non-hydrogen) atoms. The van der Waals surface area contributed by atoms with Gasteiger partial charge in [0.05, 0.1) is 15.8 Å². The SMILES string of the molecule is O=C(Nc1ccc2c(c1)oc1ccccc12)C1CCN(S(=O)(=O)Cc2ccc(Cl)c(Cl)c2)CC1. The zero-order valence-electron chi connectivity index (χ0n) is 18.1. The Balaban J connectivity index is 1.21. The van der Waals surface area contributed by atoms with E-state index in [1.54, 1.807) is 18.2 Å². The Bertz CT molecular complexity index is 1490. The van der Waals surface area contributed by atoms with Crippen molar-refractivity contribution < 1.29 is 17.6 Å². The van der Waals surface area contributed by atoms with Crippen LogP contribution in [0.4, 0.5) is 5.69 Å². The van der Waals surface area contributed by atoms with Crippen LogP contribution in [0.3, 0.4) is 0 Å². The molecule has 0 bridgehead atoms. The smallest absolute Gasteiger partial charge is 0.227 e. The van der Waals surface area contributed by atoms with Crippen LogP contribution >= 0.6 is 23.2 Å². The van der Waals surface area contributed by atoms with Crippen molar-refractivity contribution in [2.45, 2.75) is 18.6 Å². The Morgan fingerprint density at radius 3 is 2.44 bits per heavy atom. The lowest BCUT2D eigenvalue weighted by molar-refractivity contribution is -0.120. The maximum Gasteiger partial charge on any atom is 0.227 e. The van der Waals surface area contributed by atoms with Crippen LogP contribution in [0.5, 0.6) is 0 Å². The van der Waals surface area contributed by atoms with Gasteiger partial charge in [-0.3, -0.25) is 4.79 Å². The molecule has 1 aliphatic rings. The molecule has 0 radical (unpaired) electrons. The highest BCUT2D eigenvalue weighted by Crippen LogP contribution is 2.31. The number of sulfonamides is 1. The lowest BCUT2D eigenvalue weighted by Crippen LogP contribution is -2.41. The lowest BCUT2D eigenvalue weighted by atomic mass is 9.97. The Morgan fingerprint density at radius 2 is 1.68 bits per heavy atom. The van der Waals surface area contributed by atoms with E-state index in [0.717, 1.165) is 16.4 Å². The zero-order valence-corrected chi connectivity index (χ0v) is 20.5. The highest BCUT2D eigenvalue weighted by Gasteiger charge is 2.31. The van der Waals surface area contributed by atoms with Crippen molar-refractivity contribution in [2.24, 2.45) is 5.92 Å². The van der Waals surface area contributed by atoms with E-state index in [4.69, 9.17) is 27.6 Å². The second kappa shape index (κ2) is 9.23. The summed E-state index contributed by atoms with van der Waals surface area (Å²) in [6.45, 7) is 0.592. The van der Waals surface area contributed by atoms with Gasteiger partial charge in [0.25, 0.3) is 0 Å². The van der Waals surface area contributed by atoms with Crippen LogP contribution in [0.1, 0.15) is 18.4 Å². The second-order valence-corrected chi connectivity index (χ2v) is 11.3. The summed E-state index contributed by atoms with van der Waals surface area (Å²) in [5, 5.41) is 5.69. The topological polar surface area (TPSA) is 79.6 Å². The van der Waals surface area contributed by atoms with E-state index < -0.39 is 10.0 Å². The number of benzene rings is 3. The predicted octanol–water partition coefficient (Wildman–Crippen LogP) is 6.07.